The maximum absolute atomic E-state index is 13.3. The minimum Gasteiger partial charge on any atom is -0.480 e. The highest BCUT2D eigenvalue weighted by molar-refractivity contribution is 5.85. The molecule has 2 aromatic rings. The van der Waals surface area contributed by atoms with Gasteiger partial charge in [0, 0.05) is 18.6 Å². The summed E-state index contributed by atoms with van der Waals surface area (Å²) in [4.78, 5) is 33.1. The highest BCUT2D eigenvalue weighted by Crippen LogP contribution is 2.19. The summed E-state index contributed by atoms with van der Waals surface area (Å²) in [6, 6.07) is 3.88. The highest BCUT2D eigenvalue weighted by Gasteiger charge is 2.23. The minimum atomic E-state index is -1.47. The van der Waals surface area contributed by atoms with Gasteiger partial charge in [0.1, 0.15) is 17.7 Å². The van der Waals surface area contributed by atoms with E-state index in [4.69, 9.17) is 0 Å². The van der Waals surface area contributed by atoms with Crippen LogP contribution in [0.4, 0.5) is 18.9 Å². The van der Waals surface area contributed by atoms with Gasteiger partial charge in [-0.15, -0.1) is 0 Å². The molecule has 0 aromatic heterocycles. The van der Waals surface area contributed by atoms with Crippen LogP contribution in [0.25, 0.3) is 0 Å². The standard InChI is InChI=1S/C17H13F3N2O5/c18-11-3-10(4-12(19)8-11)7-16(23)21-14(17(24)25)5-9-1-2-13(20)15(6-9)22(26)27/h1-4,6,8,14H,5,7H2,(H,21,23)(H,24,25)/t14-/m0/s1. The summed E-state index contributed by atoms with van der Waals surface area (Å²) < 4.78 is 39.6. The fraction of sp³-hybridized carbons (Fsp3) is 0.176. The number of carbonyl (C=O) groups is 2. The average molecular weight is 382 g/mol. The van der Waals surface area contributed by atoms with E-state index in [0.29, 0.717) is 6.07 Å². The number of carboxylic acid groups (broad SMARTS) is 1. The van der Waals surface area contributed by atoms with Crippen molar-refractivity contribution in [3.63, 3.8) is 0 Å². The number of hydrogen-bond donors (Lipinski definition) is 2. The Morgan fingerprint density at radius 2 is 1.70 bits per heavy atom. The molecule has 2 N–H and O–H groups in total. The fourth-order valence-corrected chi connectivity index (χ4v) is 2.40. The van der Waals surface area contributed by atoms with Crippen molar-refractivity contribution in [3.8, 4) is 0 Å². The Morgan fingerprint density at radius 3 is 2.26 bits per heavy atom. The molecule has 142 valence electrons. The number of nitro benzene ring substituents is 1. The van der Waals surface area contributed by atoms with E-state index in [0.717, 1.165) is 30.3 Å². The Hall–Kier alpha value is -3.43. The molecular formula is C17H13F3N2O5. The normalized spacial score (nSPS) is 11.7. The predicted molar refractivity (Wildman–Crippen MR) is 86.4 cm³/mol. The van der Waals surface area contributed by atoms with Gasteiger partial charge in [-0.2, -0.15) is 4.39 Å². The molecule has 0 aliphatic rings. The van der Waals surface area contributed by atoms with Crippen LogP contribution in [0.1, 0.15) is 11.1 Å². The first-order valence-electron chi connectivity index (χ1n) is 7.55. The number of aliphatic carboxylic acids is 1. The molecule has 0 heterocycles. The van der Waals surface area contributed by atoms with Crippen molar-refractivity contribution < 1.29 is 32.8 Å². The first kappa shape index (κ1) is 19.9. The Bertz CT molecular complexity index is 884. The van der Waals surface area contributed by atoms with E-state index in [-0.39, 0.29) is 17.5 Å². The summed E-state index contributed by atoms with van der Waals surface area (Å²) in [5.74, 6) is -5.09. The molecule has 2 rings (SSSR count). The van der Waals surface area contributed by atoms with E-state index in [1.165, 1.54) is 0 Å². The van der Waals surface area contributed by atoms with E-state index in [1.807, 2.05) is 0 Å². The number of nitrogens with one attached hydrogen (secondary N) is 1. The number of rotatable bonds is 7. The lowest BCUT2D eigenvalue weighted by molar-refractivity contribution is -0.387. The average Bonchev–Trinajstić information content (AvgIpc) is 2.54. The summed E-state index contributed by atoms with van der Waals surface area (Å²) in [7, 11) is 0. The van der Waals surface area contributed by atoms with Crippen molar-refractivity contribution >= 4 is 17.6 Å². The quantitative estimate of drug-likeness (QED) is 0.564. The van der Waals surface area contributed by atoms with Crippen molar-refractivity contribution in [1.29, 1.82) is 0 Å². The van der Waals surface area contributed by atoms with Gasteiger partial charge >= 0.3 is 11.7 Å². The molecule has 0 saturated carbocycles. The zero-order valence-electron chi connectivity index (χ0n) is 13.6. The first-order chi connectivity index (χ1) is 12.7. The summed E-state index contributed by atoms with van der Waals surface area (Å²) in [6.07, 6.45) is -0.818. The van der Waals surface area contributed by atoms with E-state index in [9.17, 15) is 38.0 Å². The van der Waals surface area contributed by atoms with Crippen LogP contribution in [0, 0.1) is 27.6 Å². The van der Waals surface area contributed by atoms with Crippen molar-refractivity contribution in [2.75, 3.05) is 0 Å². The summed E-state index contributed by atoms with van der Waals surface area (Å²) >= 11 is 0. The highest BCUT2D eigenvalue weighted by atomic mass is 19.1. The molecule has 7 nitrogen and oxygen atoms in total. The second kappa shape index (κ2) is 8.30. The molecule has 0 saturated heterocycles. The molecule has 0 aliphatic heterocycles. The molecule has 27 heavy (non-hydrogen) atoms. The van der Waals surface area contributed by atoms with Crippen LogP contribution in [0.3, 0.4) is 0 Å². The maximum Gasteiger partial charge on any atom is 0.326 e. The Balaban J connectivity index is 2.11. The predicted octanol–water partition coefficient (Wildman–Crippen LogP) is 2.37. The maximum atomic E-state index is 13.3. The largest absolute Gasteiger partial charge is 0.480 e. The lowest BCUT2D eigenvalue weighted by Gasteiger charge is -2.15. The molecule has 0 radical (unpaired) electrons. The zero-order chi connectivity index (χ0) is 20.1. The molecular weight excluding hydrogens is 369 g/mol. The van der Waals surface area contributed by atoms with Crippen molar-refractivity contribution in [2.45, 2.75) is 18.9 Å². The molecule has 0 bridgehead atoms. The number of carboxylic acids is 1. The van der Waals surface area contributed by atoms with Crippen LogP contribution in [-0.2, 0) is 22.4 Å². The van der Waals surface area contributed by atoms with Gasteiger partial charge in [0.2, 0.25) is 11.7 Å². The number of carbonyl (C=O) groups excluding carboxylic acids is 1. The molecule has 1 atom stereocenters. The Labute approximate surface area is 150 Å². The number of nitro groups is 1. The van der Waals surface area contributed by atoms with E-state index in [1.54, 1.807) is 0 Å². The molecule has 0 fully saturated rings. The molecule has 0 spiro atoms. The summed E-state index contributed by atoms with van der Waals surface area (Å²) in [5.41, 5.74) is -0.697. The van der Waals surface area contributed by atoms with Gasteiger partial charge in [-0.3, -0.25) is 14.9 Å². The third kappa shape index (κ3) is 5.53. The molecule has 10 heteroatoms. The van der Waals surface area contributed by atoms with Crippen LogP contribution in [0.15, 0.2) is 36.4 Å². The fourth-order valence-electron chi connectivity index (χ4n) is 2.40. The van der Waals surface area contributed by atoms with Crippen LogP contribution in [0.5, 0.6) is 0 Å². The summed E-state index contributed by atoms with van der Waals surface area (Å²) in [6.45, 7) is 0. The lowest BCUT2D eigenvalue weighted by atomic mass is 10.0. The monoisotopic (exact) mass is 382 g/mol. The number of halogens is 3. The number of hydrogen-bond acceptors (Lipinski definition) is 4. The van der Waals surface area contributed by atoms with Crippen LogP contribution < -0.4 is 5.32 Å². The number of nitrogens with zero attached hydrogens (tertiary/aromatic N) is 1. The molecule has 2 aromatic carbocycles. The van der Waals surface area contributed by atoms with Gasteiger partial charge < -0.3 is 10.4 Å². The van der Waals surface area contributed by atoms with Crippen molar-refractivity contribution in [3.05, 3.63) is 75.1 Å². The van der Waals surface area contributed by atoms with Gasteiger partial charge in [0.15, 0.2) is 0 Å². The topological polar surface area (TPSA) is 110 Å². The van der Waals surface area contributed by atoms with Gasteiger partial charge in [-0.05, 0) is 29.3 Å². The smallest absolute Gasteiger partial charge is 0.326 e. The van der Waals surface area contributed by atoms with Gasteiger partial charge in [0.05, 0.1) is 11.3 Å². The molecule has 1 amide bonds. The second-order valence-corrected chi connectivity index (χ2v) is 5.66. The SMILES string of the molecule is O=C(Cc1cc(F)cc(F)c1)N[C@@H](Cc1ccc(F)c([N+](=O)[O-])c1)C(=O)O. The van der Waals surface area contributed by atoms with Crippen molar-refractivity contribution in [2.24, 2.45) is 0 Å². The Kier molecular flexibility index (Phi) is 6.11. The lowest BCUT2D eigenvalue weighted by Crippen LogP contribution is -2.43. The molecule has 0 aliphatic carbocycles. The van der Waals surface area contributed by atoms with Crippen LogP contribution in [-0.4, -0.2) is 27.9 Å². The second-order valence-electron chi connectivity index (χ2n) is 5.66. The van der Waals surface area contributed by atoms with E-state index < -0.39 is 52.4 Å². The van der Waals surface area contributed by atoms with Gasteiger partial charge in [-0.25, -0.2) is 13.6 Å². The van der Waals surface area contributed by atoms with E-state index in [2.05, 4.69) is 5.32 Å². The third-order valence-corrected chi connectivity index (χ3v) is 3.57. The van der Waals surface area contributed by atoms with Gasteiger partial charge in [-0.1, -0.05) is 6.07 Å². The van der Waals surface area contributed by atoms with Crippen LogP contribution in [0.2, 0.25) is 0 Å². The van der Waals surface area contributed by atoms with Crippen LogP contribution >= 0.6 is 0 Å². The van der Waals surface area contributed by atoms with Crippen molar-refractivity contribution in [1.82, 2.24) is 5.32 Å². The third-order valence-electron chi connectivity index (χ3n) is 3.57. The zero-order valence-corrected chi connectivity index (χ0v) is 13.6. The van der Waals surface area contributed by atoms with E-state index >= 15 is 0 Å². The summed E-state index contributed by atoms with van der Waals surface area (Å²) in [5, 5.41) is 22.1. The van der Waals surface area contributed by atoms with Gasteiger partial charge in [0.25, 0.3) is 0 Å². The minimum absolute atomic E-state index is 0.00607. The first-order valence-corrected chi connectivity index (χ1v) is 7.55. The Morgan fingerprint density at radius 1 is 1.07 bits per heavy atom. The molecule has 0 unspecified atom stereocenters. The number of amides is 1. The number of benzene rings is 2.